The molecule has 1 aliphatic rings. The van der Waals surface area contributed by atoms with Crippen LogP contribution in [0, 0.1) is 25.7 Å². The number of aromatic amines is 1. The van der Waals surface area contributed by atoms with Gasteiger partial charge < -0.3 is 15.0 Å². The molecule has 2 atom stereocenters. The SMILES string of the molecule is Cc1ccc2[nH]c(C(=O)N3C[C@@H](C)[C@H](C(=O)O)C3)cc2c1C. The first kappa shape index (κ1) is 14.6. The van der Waals surface area contributed by atoms with E-state index in [9.17, 15) is 14.7 Å². The standard InChI is InChI=1S/C17H20N2O3/c1-9-4-5-14-12(11(9)3)6-15(18-14)16(20)19-7-10(2)13(8-19)17(21)22/h4-6,10,13,18H,7-8H2,1-3H3,(H,21,22)/t10-,13-/m1/s1. The van der Waals surface area contributed by atoms with E-state index in [-0.39, 0.29) is 18.4 Å². The van der Waals surface area contributed by atoms with Crippen LogP contribution in [0.2, 0.25) is 0 Å². The first-order valence-corrected chi connectivity index (χ1v) is 7.49. The van der Waals surface area contributed by atoms with Gasteiger partial charge in [0.1, 0.15) is 5.69 Å². The Balaban J connectivity index is 1.90. The first-order valence-electron chi connectivity index (χ1n) is 7.49. The zero-order chi connectivity index (χ0) is 16.0. The van der Waals surface area contributed by atoms with Gasteiger partial charge in [0.05, 0.1) is 5.92 Å². The van der Waals surface area contributed by atoms with Crippen LogP contribution in [0.25, 0.3) is 10.9 Å². The Labute approximate surface area is 128 Å². The Hall–Kier alpha value is -2.30. The number of aliphatic carboxylic acids is 1. The average molecular weight is 300 g/mol. The summed E-state index contributed by atoms with van der Waals surface area (Å²) in [5.74, 6) is -1.44. The summed E-state index contributed by atoms with van der Waals surface area (Å²) >= 11 is 0. The Morgan fingerprint density at radius 3 is 2.64 bits per heavy atom. The largest absolute Gasteiger partial charge is 0.481 e. The molecule has 3 rings (SSSR count). The monoisotopic (exact) mass is 300 g/mol. The van der Waals surface area contributed by atoms with E-state index in [2.05, 4.69) is 4.98 Å². The van der Waals surface area contributed by atoms with Crippen molar-refractivity contribution in [3.8, 4) is 0 Å². The molecule has 1 aliphatic heterocycles. The minimum Gasteiger partial charge on any atom is -0.481 e. The van der Waals surface area contributed by atoms with E-state index >= 15 is 0 Å². The molecule has 2 N–H and O–H groups in total. The van der Waals surface area contributed by atoms with Crippen molar-refractivity contribution >= 4 is 22.8 Å². The molecule has 2 aromatic rings. The van der Waals surface area contributed by atoms with Crippen LogP contribution >= 0.6 is 0 Å². The van der Waals surface area contributed by atoms with Gasteiger partial charge in [-0.05, 0) is 43.0 Å². The number of aromatic nitrogens is 1. The normalized spacial score (nSPS) is 21.5. The van der Waals surface area contributed by atoms with Gasteiger partial charge in [0.25, 0.3) is 5.91 Å². The summed E-state index contributed by atoms with van der Waals surface area (Å²) in [5.41, 5.74) is 3.81. The van der Waals surface area contributed by atoms with Gasteiger partial charge in [-0.3, -0.25) is 9.59 Å². The molecule has 0 spiro atoms. The van der Waals surface area contributed by atoms with Crippen molar-refractivity contribution in [1.29, 1.82) is 0 Å². The predicted octanol–water partition coefficient (Wildman–Crippen LogP) is 2.58. The predicted molar refractivity (Wildman–Crippen MR) is 84.0 cm³/mol. The van der Waals surface area contributed by atoms with Gasteiger partial charge in [0.2, 0.25) is 0 Å². The van der Waals surface area contributed by atoms with Crippen molar-refractivity contribution in [1.82, 2.24) is 9.88 Å². The molecule has 1 saturated heterocycles. The molecule has 0 aliphatic carbocycles. The van der Waals surface area contributed by atoms with Gasteiger partial charge in [-0.2, -0.15) is 0 Å². The van der Waals surface area contributed by atoms with Gasteiger partial charge in [0, 0.05) is 24.0 Å². The lowest BCUT2D eigenvalue weighted by Crippen LogP contribution is -2.30. The number of carbonyl (C=O) groups excluding carboxylic acids is 1. The van der Waals surface area contributed by atoms with Crippen LogP contribution < -0.4 is 0 Å². The fourth-order valence-electron chi connectivity index (χ4n) is 3.20. The highest BCUT2D eigenvalue weighted by molar-refractivity contribution is 5.99. The van der Waals surface area contributed by atoms with Crippen LogP contribution in [0.3, 0.4) is 0 Å². The fraction of sp³-hybridized carbons (Fsp3) is 0.412. The zero-order valence-corrected chi connectivity index (χ0v) is 13.0. The highest BCUT2D eigenvalue weighted by Crippen LogP contribution is 2.27. The second-order valence-corrected chi connectivity index (χ2v) is 6.28. The number of benzene rings is 1. The Bertz CT molecular complexity index is 763. The number of hydrogen-bond acceptors (Lipinski definition) is 2. The van der Waals surface area contributed by atoms with E-state index in [1.54, 1.807) is 4.90 Å². The summed E-state index contributed by atoms with van der Waals surface area (Å²) in [6.45, 7) is 6.73. The lowest BCUT2D eigenvalue weighted by atomic mass is 9.99. The summed E-state index contributed by atoms with van der Waals surface area (Å²) in [4.78, 5) is 28.6. The Morgan fingerprint density at radius 2 is 2.00 bits per heavy atom. The van der Waals surface area contributed by atoms with Crippen LogP contribution in [0.15, 0.2) is 18.2 Å². The molecule has 1 fully saturated rings. The third-order valence-electron chi connectivity index (χ3n) is 4.79. The lowest BCUT2D eigenvalue weighted by Gasteiger charge is -2.14. The molecule has 1 aromatic heterocycles. The van der Waals surface area contributed by atoms with Gasteiger partial charge in [-0.15, -0.1) is 0 Å². The summed E-state index contributed by atoms with van der Waals surface area (Å²) in [6.07, 6.45) is 0. The smallest absolute Gasteiger partial charge is 0.308 e. The summed E-state index contributed by atoms with van der Waals surface area (Å²) < 4.78 is 0. The van der Waals surface area contributed by atoms with E-state index in [0.29, 0.717) is 12.2 Å². The van der Waals surface area contributed by atoms with E-state index < -0.39 is 11.9 Å². The molecule has 0 radical (unpaired) electrons. The number of fused-ring (bicyclic) bond motifs is 1. The molecule has 1 aromatic carbocycles. The van der Waals surface area contributed by atoms with Crippen molar-refractivity contribution in [3.05, 3.63) is 35.0 Å². The molecule has 2 heterocycles. The van der Waals surface area contributed by atoms with Gasteiger partial charge >= 0.3 is 5.97 Å². The fourth-order valence-corrected chi connectivity index (χ4v) is 3.20. The first-order chi connectivity index (χ1) is 10.4. The van der Waals surface area contributed by atoms with Crippen LogP contribution in [-0.2, 0) is 4.79 Å². The Morgan fingerprint density at radius 1 is 1.27 bits per heavy atom. The van der Waals surface area contributed by atoms with Gasteiger partial charge in [0.15, 0.2) is 0 Å². The Kier molecular flexibility index (Phi) is 3.43. The number of carbonyl (C=O) groups is 2. The molecule has 0 saturated carbocycles. The van der Waals surface area contributed by atoms with Crippen LogP contribution in [0.4, 0.5) is 0 Å². The molecular formula is C17H20N2O3. The topological polar surface area (TPSA) is 73.4 Å². The molecule has 0 bridgehead atoms. The second-order valence-electron chi connectivity index (χ2n) is 6.28. The highest BCUT2D eigenvalue weighted by atomic mass is 16.4. The molecule has 1 amide bonds. The molecule has 22 heavy (non-hydrogen) atoms. The third-order valence-corrected chi connectivity index (χ3v) is 4.79. The van der Waals surface area contributed by atoms with Gasteiger partial charge in [-0.1, -0.05) is 13.0 Å². The van der Waals surface area contributed by atoms with E-state index in [1.165, 1.54) is 5.56 Å². The van der Waals surface area contributed by atoms with Crippen molar-refractivity contribution in [2.45, 2.75) is 20.8 Å². The summed E-state index contributed by atoms with van der Waals surface area (Å²) in [7, 11) is 0. The van der Waals surface area contributed by atoms with E-state index in [0.717, 1.165) is 16.5 Å². The molecule has 5 nitrogen and oxygen atoms in total. The van der Waals surface area contributed by atoms with Gasteiger partial charge in [-0.25, -0.2) is 0 Å². The number of nitrogens with zero attached hydrogens (tertiary/aromatic N) is 1. The third kappa shape index (κ3) is 2.26. The number of carboxylic acids is 1. The molecule has 116 valence electrons. The minimum absolute atomic E-state index is 0.0187. The molecule has 0 unspecified atom stereocenters. The quantitative estimate of drug-likeness (QED) is 0.895. The number of nitrogens with one attached hydrogen (secondary N) is 1. The van der Waals surface area contributed by atoms with Crippen LogP contribution in [-0.4, -0.2) is 40.0 Å². The lowest BCUT2D eigenvalue weighted by molar-refractivity contribution is -0.142. The zero-order valence-electron chi connectivity index (χ0n) is 13.0. The number of H-pyrrole nitrogens is 1. The van der Waals surface area contributed by atoms with Crippen molar-refractivity contribution in [3.63, 3.8) is 0 Å². The number of carboxylic acid groups (broad SMARTS) is 1. The van der Waals surface area contributed by atoms with Crippen molar-refractivity contribution in [2.24, 2.45) is 11.8 Å². The summed E-state index contributed by atoms with van der Waals surface area (Å²) in [6, 6.07) is 5.88. The van der Waals surface area contributed by atoms with Crippen molar-refractivity contribution in [2.75, 3.05) is 13.1 Å². The summed E-state index contributed by atoms with van der Waals surface area (Å²) in [5, 5.41) is 10.2. The van der Waals surface area contributed by atoms with Crippen LogP contribution in [0.5, 0.6) is 0 Å². The number of hydrogen-bond donors (Lipinski definition) is 2. The average Bonchev–Trinajstić information content (AvgIpc) is 3.06. The number of rotatable bonds is 2. The maximum atomic E-state index is 12.6. The molecular weight excluding hydrogens is 280 g/mol. The van der Waals surface area contributed by atoms with E-state index in [4.69, 9.17) is 0 Å². The molecule has 5 heteroatoms. The second kappa shape index (κ2) is 5.16. The van der Waals surface area contributed by atoms with Crippen LogP contribution in [0.1, 0.15) is 28.5 Å². The minimum atomic E-state index is -0.828. The van der Waals surface area contributed by atoms with Crippen molar-refractivity contribution < 1.29 is 14.7 Å². The highest BCUT2D eigenvalue weighted by Gasteiger charge is 2.37. The maximum Gasteiger partial charge on any atom is 0.308 e. The number of aryl methyl sites for hydroxylation is 2. The number of likely N-dealkylation sites (tertiary alicyclic amines) is 1. The number of amides is 1. The van der Waals surface area contributed by atoms with E-state index in [1.807, 2.05) is 39.0 Å². The maximum absolute atomic E-state index is 12.6.